The Labute approximate surface area is 147 Å². The number of rotatable bonds is 5. The Bertz CT molecular complexity index is 801. The number of hydrogen-bond acceptors (Lipinski definition) is 3. The Morgan fingerprint density at radius 2 is 1.62 bits per heavy atom. The van der Waals surface area contributed by atoms with Crippen LogP contribution >= 0.6 is 0 Å². The molecule has 0 fully saturated rings. The highest BCUT2D eigenvalue weighted by Gasteiger charge is 2.38. The molecular formula is C18H16F3N3O2. The van der Waals surface area contributed by atoms with Crippen LogP contribution in [0.3, 0.4) is 0 Å². The first-order valence-electron chi connectivity index (χ1n) is 7.61. The standard InChI is InChI=1S/C18H16F3N3O2/c1-12(23-24-16(25)11-13-5-3-2-4-6-13)14-7-9-15(10-8-14)22-17(26)18(19,20)21/h2-10H,11H2,1H3,(H,22,26)(H,24,25)/b23-12+. The number of amides is 2. The highest BCUT2D eigenvalue weighted by Crippen LogP contribution is 2.18. The zero-order valence-corrected chi connectivity index (χ0v) is 13.8. The summed E-state index contributed by atoms with van der Waals surface area (Å²) in [6.45, 7) is 1.64. The van der Waals surface area contributed by atoms with E-state index in [2.05, 4.69) is 10.5 Å². The topological polar surface area (TPSA) is 70.6 Å². The summed E-state index contributed by atoms with van der Waals surface area (Å²) in [5, 5.41) is 5.72. The van der Waals surface area contributed by atoms with Crippen molar-refractivity contribution in [1.82, 2.24) is 5.43 Å². The van der Waals surface area contributed by atoms with Crippen molar-refractivity contribution in [2.45, 2.75) is 19.5 Å². The maximum Gasteiger partial charge on any atom is 0.471 e. The van der Waals surface area contributed by atoms with Crippen LogP contribution in [0.2, 0.25) is 0 Å². The van der Waals surface area contributed by atoms with E-state index in [-0.39, 0.29) is 18.0 Å². The van der Waals surface area contributed by atoms with Gasteiger partial charge in [0.1, 0.15) is 0 Å². The molecule has 0 atom stereocenters. The van der Waals surface area contributed by atoms with E-state index in [1.54, 1.807) is 12.2 Å². The molecule has 2 aromatic carbocycles. The minimum atomic E-state index is -4.95. The van der Waals surface area contributed by atoms with Gasteiger partial charge in [0, 0.05) is 5.69 Å². The first-order chi connectivity index (χ1) is 12.3. The second-order valence-electron chi connectivity index (χ2n) is 5.42. The molecule has 136 valence electrons. The fourth-order valence-electron chi connectivity index (χ4n) is 2.03. The number of carbonyl (C=O) groups is 2. The predicted octanol–water partition coefficient (Wildman–Crippen LogP) is 3.27. The lowest BCUT2D eigenvalue weighted by atomic mass is 10.1. The summed E-state index contributed by atoms with van der Waals surface area (Å²) in [5.74, 6) is -2.33. The molecule has 2 rings (SSSR count). The minimum Gasteiger partial charge on any atom is -0.318 e. The Hall–Kier alpha value is -3.16. The third kappa shape index (κ3) is 5.73. The molecule has 2 aromatic rings. The van der Waals surface area contributed by atoms with E-state index in [9.17, 15) is 22.8 Å². The summed E-state index contributed by atoms with van der Waals surface area (Å²) < 4.78 is 36.6. The number of halogens is 3. The summed E-state index contributed by atoms with van der Waals surface area (Å²) in [7, 11) is 0. The van der Waals surface area contributed by atoms with E-state index >= 15 is 0 Å². The molecule has 0 aromatic heterocycles. The first kappa shape index (κ1) is 19.2. The van der Waals surface area contributed by atoms with Crippen molar-refractivity contribution in [3.8, 4) is 0 Å². The van der Waals surface area contributed by atoms with Gasteiger partial charge in [-0.05, 0) is 30.2 Å². The van der Waals surface area contributed by atoms with Crippen molar-refractivity contribution in [3.63, 3.8) is 0 Å². The number of hydrazone groups is 1. The molecule has 0 bridgehead atoms. The van der Waals surface area contributed by atoms with Crippen LogP contribution in [0.1, 0.15) is 18.1 Å². The molecule has 2 amide bonds. The van der Waals surface area contributed by atoms with Gasteiger partial charge in [0.2, 0.25) is 5.91 Å². The lowest BCUT2D eigenvalue weighted by Crippen LogP contribution is -2.29. The molecule has 26 heavy (non-hydrogen) atoms. The maximum absolute atomic E-state index is 12.2. The van der Waals surface area contributed by atoms with Gasteiger partial charge in [-0.25, -0.2) is 5.43 Å². The molecule has 0 aliphatic heterocycles. The fraction of sp³-hybridized carbons (Fsp3) is 0.167. The number of carbonyl (C=O) groups excluding carboxylic acids is 2. The van der Waals surface area contributed by atoms with E-state index in [1.165, 1.54) is 24.3 Å². The third-order valence-corrected chi connectivity index (χ3v) is 3.37. The number of alkyl halides is 3. The monoisotopic (exact) mass is 363 g/mol. The van der Waals surface area contributed by atoms with Crippen LogP contribution in [0.15, 0.2) is 59.7 Å². The lowest BCUT2D eigenvalue weighted by Gasteiger charge is -2.08. The van der Waals surface area contributed by atoms with Gasteiger partial charge < -0.3 is 5.32 Å². The summed E-state index contributed by atoms with van der Waals surface area (Å²) >= 11 is 0. The number of benzene rings is 2. The largest absolute Gasteiger partial charge is 0.471 e. The van der Waals surface area contributed by atoms with Crippen LogP contribution in [0.25, 0.3) is 0 Å². The van der Waals surface area contributed by atoms with E-state index in [1.807, 2.05) is 30.3 Å². The Kier molecular flexibility index (Phi) is 6.11. The highest BCUT2D eigenvalue weighted by molar-refractivity contribution is 6.00. The molecule has 0 saturated heterocycles. The van der Waals surface area contributed by atoms with Crippen molar-refractivity contribution in [1.29, 1.82) is 0 Å². The zero-order valence-electron chi connectivity index (χ0n) is 13.8. The van der Waals surface area contributed by atoms with Gasteiger partial charge in [-0.15, -0.1) is 0 Å². The molecule has 0 heterocycles. The Morgan fingerprint density at radius 3 is 2.19 bits per heavy atom. The van der Waals surface area contributed by atoms with Crippen molar-refractivity contribution < 1.29 is 22.8 Å². The Balaban J connectivity index is 1.94. The van der Waals surface area contributed by atoms with Gasteiger partial charge in [-0.2, -0.15) is 18.3 Å². The molecule has 2 N–H and O–H groups in total. The van der Waals surface area contributed by atoms with Crippen LogP contribution in [0.4, 0.5) is 18.9 Å². The van der Waals surface area contributed by atoms with Crippen molar-refractivity contribution in [3.05, 3.63) is 65.7 Å². The third-order valence-electron chi connectivity index (χ3n) is 3.37. The average Bonchev–Trinajstić information content (AvgIpc) is 2.60. The molecule has 0 aliphatic rings. The second kappa shape index (κ2) is 8.28. The number of nitrogens with zero attached hydrogens (tertiary/aromatic N) is 1. The van der Waals surface area contributed by atoms with Crippen LogP contribution in [0, 0.1) is 0 Å². The zero-order chi connectivity index (χ0) is 19.2. The summed E-state index contributed by atoms with van der Waals surface area (Å²) in [6.07, 6.45) is -4.76. The van der Waals surface area contributed by atoms with Gasteiger partial charge >= 0.3 is 12.1 Å². The molecule has 0 unspecified atom stereocenters. The van der Waals surface area contributed by atoms with E-state index in [0.29, 0.717) is 11.3 Å². The normalized spacial score (nSPS) is 11.8. The quantitative estimate of drug-likeness (QED) is 0.632. The van der Waals surface area contributed by atoms with Crippen LogP contribution < -0.4 is 10.7 Å². The van der Waals surface area contributed by atoms with Gasteiger partial charge in [-0.1, -0.05) is 42.5 Å². The van der Waals surface area contributed by atoms with Gasteiger partial charge in [-0.3, -0.25) is 9.59 Å². The van der Waals surface area contributed by atoms with E-state index in [0.717, 1.165) is 5.56 Å². The SMILES string of the molecule is C/C(=N\NC(=O)Cc1ccccc1)c1ccc(NC(=O)C(F)(F)F)cc1. The summed E-state index contributed by atoms with van der Waals surface area (Å²) in [4.78, 5) is 22.7. The molecule has 5 nitrogen and oxygen atoms in total. The molecule has 0 saturated carbocycles. The first-order valence-corrected chi connectivity index (χ1v) is 7.61. The van der Waals surface area contributed by atoms with Gasteiger partial charge in [0.05, 0.1) is 12.1 Å². The minimum absolute atomic E-state index is 0.0111. The summed E-state index contributed by atoms with van der Waals surface area (Å²) in [6, 6.07) is 14.8. The van der Waals surface area contributed by atoms with Crippen LogP contribution in [-0.4, -0.2) is 23.7 Å². The number of hydrogen-bond donors (Lipinski definition) is 2. The second-order valence-corrected chi connectivity index (χ2v) is 5.42. The number of anilines is 1. The molecule has 0 spiro atoms. The van der Waals surface area contributed by atoms with Crippen LogP contribution in [0.5, 0.6) is 0 Å². The molecule has 8 heteroatoms. The molecule has 0 radical (unpaired) electrons. The smallest absolute Gasteiger partial charge is 0.318 e. The summed E-state index contributed by atoms with van der Waals surface area (Å²) in [5.41, 5.74) is 4.35. The average molecular weight is 363 g/mol. The van der Waals surface area contributed by atoms with Crippen molar-refractivity contribution in [2.75, 3.05) is 5.32 Å². The van der Waals surface area contributed by atoms with Crippen molar-refractivity contribution in [2.24, 2.45) is 5.10 Å². The van der Waals surface area contributed by atoms with Gasteiger partial charge in [0.15, 0.2) is 0 Å². The lowest BCUT2D eigenvalue weighted by molar-refractivity contribution is -0.167. The van der Waals surface area contributed by atoms with Crippen molar-refractivity contribution >= 4 is 23.2 Å². The maximum atomic E-state index is 12.2. The Morgan fingerprint density at radius 1 is 1.00 bits per heavy atom. The van der Waals surface area contributed by atoms with E-state index < -0.39 is 12.1 Å². The molecule has 0 aliphatic carbocycles. The van der Waals surface area contributed by atoms with Gasteiger partial charge in [0.25, 0.3) is 0 Å². The highest BCUT2D eigenvalue weighted by atomic mass is 19.4. The fourth-order valence-corrected chi connectivity index (χ4v) is 2.03. The van der Waals surface area contributed by atoms with E-state index in [4.69, 9.17) is 0 Å². The predicted molar refractivity (Wildman–Crippen MR) is 91.6 cm³/mol. The number of nitrogens with one attached hydrogen (secondary N) is 2. The molecular weight excluding hydrogens is 347 g/mol. The van der Waals surface area contributed by atoms with Crippen LogP contribution in [-0.2, 0) is 16.0 Å².